The van der Waals surface area contributed by atoms with Crippen LogP contribution in [0.5, 0.6) is 5.75 Å². The van der Waals surface area contributed by atoms with Crippen LogP contribution in [-0.2, 0) is 9.59 Å². The molecular weight excluding hydrogens is 376 g/mol. The molecule has 1 N–H and O–H groups in total. The van der Waals surface area contributed by atoms with Gasteiger partial charge in [0.05, 0.1) is 24.8 Å². The van der Waals surface area contributed by atoms with Crippen molar-refractivity contribution in [3.05, 3.63) is 96.1 Å². The number of hydrogen-bond acceptors (Lipinski definition) is 3. The zero-order valence-electron chi connectivity index (χ0n) is 16.8. The van der Waals surface area contributed by atoms with Gasteiger partial charge in [-0.05, 0) is 23.3 Å². The molecule has 3 aromatic carbocycles. The van der Waals surface area contributed by atoms with E-state index in [0.717, 1.165) is 11.1 Å². The molecule has 0 spiro atoms. The van der Waals surface area contributed by atoms with Crippen LogP contribution in [0.1, 0.15) is 23.6 Å². The van der Waals surface area contributed by atoms with Crippen LogP contribution in [-0.4, -0.2) is 25.5 Å². The molecule has 0 bridgehead atoms. The molecule has 1 fully saturated rings. The van der Waals surface area contributed by atoms with E-state index in [1.165, 1.54) is 0 Å². The van der Waals surface area contributed by atoms with E-state index >= 15 is 0 Å². The first-order chi connectivity index (χ1) is 14.7. The van der Waals surface area contributed by atoms with Gasteiger partial charge in [-0.15, -0.1) is 0 Å². The Hall–Kier alpha value is -3.60. The van der Waals surface area contributed by atoms with Gasteiger partial charge >= 0.3 is 0 Å². The standard InChI is InChI=1S/C25H24N2O3/c1-30-22-15-9-8-14-21(22)27-17-20(16-23(27)28)25(29)26-24(18-10-4-2-5-11-18)19-12-6-3-7-13-19/h2-15,20,24H,16-17H2,1H3,(H,26,29)/t20-/m1/s1. The fourth-order valence-electron chi connectivity index (χ4n) is 3.88. The average Bonchev–Trinajstić information content (AvgIpc) is 3.20. The molecular formula is C25H24N2O3. The number of rotatable bonds is 6. The topological polar surface area (TPSA) is 58.6 Å². The minimum absolute atomic E-state index is 0.0735. The van der Waals surface area contributed by atoms with Crippen molar-refractivity contribution in [1.29, 1.82) is 0 Å². The minimum atomic E-state index is -0.419. The molecule has 3 aromatic rings. The summed E-state index contributed by atoms with van der Waals surface area (Å²) in [4.78, 5) is 27.5. The first kappa shape index (κ1) is 19.7. The summed E-state index contributed by atoms with van der Waals surface area (Å²) in [6, 6.07) is 26.8. The van der Waals surface area contributed by atoms with Crippen molar-refractivity contribution in [2.45, 2.75) is 12.5 Å². The summed E-state index contributed by atoms with van der Waals surface area (Å²) in [6.45, 7) is 0.335. The second kappa shape index (κ2) is 8.82. The predicted octanol–water partition coefficient (Wildman–Crippen LogP) is 3.95. The van der Waals surface area contributed by atoms with Crippen molar-refractivity contribution in [3.63, 3.8) is 0 Å². The molecule has 0 aliphatic carbocycles. The number of benzene rings is 3. The number of ether oxygens (including phenoxy) is 1. The molecule has 30 heavy (non-hydrogen) atoms. The van der Waals surface area contributed by atoms with Gasteiger partial charge in [0.15, 0.2) is 0 Å². The predicted molar refractivity (Wildman–Crippen MR) is 116 cm³/mol. The van der Waals surface area contributed by atoms with E-state index in [1.807, 2.05) is 84.9 Å². The minimum Gasteiger partial charge on any atom is -0.495 e. The van der Waals surface area contributed by atoms with Gasteiger partial charge in [-0.3, -0.25) is 9.59 Å². The monoisotopic (exact) mass is 400 g/mol. The summed E-state index contributed by atoms with van der Waals surface area (Å²) in [5.41, 5.74) is 2.70. The lowest BCUT2D eigenvalue weighted by molar-refractivity contribution is -0.126. The summed E-state index contributed by atoms with van der Waals surface area (Å²) in [7, 11) is 1.58. The van der Waals surface area contributed by atoms with Gasteiger partial charge < -0.3 is 15.0 Å². The summed E-state index contributed by atoms with van der Waals surface area (Å²) >= 11 is 0. The Bertz CT molecular complexity index is 981. The van der Waals surface area contributed by atoms with Crippen molar-refractivity contribution in [2.24, 2.45) is 5.92 Å². The number of hydrogen-bond donors (Lipinski definition) is 1. The van der Waals surface area contributed by atoms with Crippen molar-refractivity contribution in [3.8, 4) is 5.75 Å². The van der Waals surface area contributed by atoms with Crippen LogP contribution in [0.2, 0.25) is 0 Å². The molecule has 5 heteroatoms. The largest absolute Gasteiger partial charge is 0.495 e. The molecule has 4 rings (SSSR count). The van der Waals surface area contributed by atoms with Crippen molar-refractivity contribution < 1.29 is 14.3 Å². The van der Waals surface area contributed by atoms with E-state index in [9.17, 15) is 9.59 Å². The highest BCUT2D eigenvalue weighted by Gasteiger charge is 2.37. The lowest BCUT2D eigenvalue weighted by atomic mass is 9.97. The smallest absolute Gasteiger partial charge is 0.227 e. The van der Waals surface area contributed by atoms with Gasteiger partial charge in [0, 0.05) is 13.0 Å². The van der Waals surface area contributed by atoms with Gasteiger partial charge in [-0.1, -0.05) is 72.8 Å². The Morgan fingerprint density at radius 1 is 0.933 bits per heavy atom. The highest BCUT2D eigenvalue weighted by atomic mass is 16.5. The van der Waals surface area contributed by atoms with Crippen molar-refractivity contribution in [2.75, 3.05) is 18.6 Å². The Balaban J connectivity index is 1.54. The van der Waals surface area contributed by atoms with E-state index in [4.69, 9.17) is 4.74 Å². The first-order valence-electron chi connectivity index (χ1n) is 10.0. The van der Waals surface area contributed by atoms with Crippen LogP contribution in [0.25, 0.3) is 0 Å². The van der Waals surface area contributed by atoms with E-state index in [1.54, 1.807) is 12.0 Å². The van der Waals surface area contributed by atoms with Crippen LogP contribution in [0.4, 0.5) is 5.69 Å². The van der Waals surface area contributed by atoms with Gasteiger partial charge in [0.2, 0.25) is 11.8 Å². The molecule has 1 atom stereocenters. The summed E-state index contributed by atoms with van der Waals surface area (Å²) in [5, 5.41) is 3.16. The summed E-state index contributed by atoms with van der Waals surface area (Å²) in [6.07, 6.45) is 0.181. The maximum atomic E-state index is 13.2. The molecule has 0 radical (unpaired) electrons. The fourth-order valence-corrected chi connectivity index (χ4v) is 3.88. The number of methoxy groups -OCH3 is 1. The first-order valence-corrected chi connectivity index (χ1v) is 10.0. The number of nitrogens with zero attached hydrogens (tertiary/aromatic N) is 1. The number of para-hydroxylation sites is 2. The van der Waals surface area contributed by atoms with Crippen LogP contribution in [0, 0.1) is 5.92 Å². The van der Waals surface area contributed by atoms with E-state index < -0.39 is 5.92 Å². The number of amides is 2. The van der Waals surface area contributed by atoms with E-state index in [0.29, 0.717) is 18.0 Å². The number of carbonyl (C=O) groups excluding carboxylic acids is 2. The van der Waals surface area contributed by atoms with Gasteiger partial charge in [0.1, 0.15) is 5.75 Å². The third-order valence-electron chi connectivity index (χ3n) is 5.42. The Labute approximate surface area is 176 Å². The van der Waals surface area contributed by atoms with Crippen molar-refractivity contribution >= 4 is 17.5 Å². The van der Waals surface area contributed by atoms with Crippen LogP contribution in [0.3, 0.4) is 0 Å². The van der Waals surface area contributed by atoms with E-state index in [2.05, 4.69) is 5.32 Å². The Kier molecular flexibility index (Phi) is 5.80. The molecule has 1 heterocycles. The van der Waals surface area contributed by atoms with Crippen LogP contribution >= 0.6 is 0 Å². The zero-order chi connectivity index (χ0) is 20.9. The maximum absolute atomic E-state index is 13.2. The van der Waals surface area contributed by atoms with Gasteiger partial charge in [-0.2, -0.15) is 0 Å². The van der Waals surface area contributed by atoms with Crippen molar-refractivity contribution in [1.82, 2.24) is 5.32 Å². The highest BCUT2D eigenvalue weighted by Crippen LogP contribution is 2.33. The Morgan fingerprint density at radius 2 is 1.50 bits per heavy atom. The quantitative estimate of drug-likeness (QED) is 0.682. The lowest BCUT2D eigenvalue weighted by Gasteiger charge is -2.22. The third kappa shape index (κ3) is 4.06. The second-order valence-corrected chi connectivity index (χ2v) is 7.34. The molecule has 1 aliphatic heterocycles. The summed E-state index contributed by atoms with van der Waals surface area (Å²) in [5.74, 6) is 0.00442. The lowest BCUT2D eigenvalue weighted by Crippen LogP contribution is -2.36. The molecule has 152 valence electrons. The van der Waals surface area contributed by atoms with Crippen LogP contribution in [0.15, 0.2) is 84.9 Å². The molecule has 2 amide bonds. The number of carbonyl (C=O) groups is 2. The molecule has 5 nitrogen and oxygen atoms in total. The van der Waals surface area contributed by atoms with E-state index in [-0.39, 0.29) is 24.3 Å². The molecule has 1 saturated heterocycles. The Morgan fingerprint density at radius 3 is 2.10 bits per heavy atom. The van der Waals surface area contributed by atoms with Gasteiger partial charge in [-0.25, -0.2) is 0 Å². The molecule has 0 saturated carbocycles. The molecule has 0 aromatic heterocycles. The number of nitrogens with one attached hydrogen (secondary N) is 1. The second-order valence-electron chi connectivity index (χ2n) is 7.34. The van der Waals surface area contributed by atoms with Gasteiger partial charge in [0.25, 0.3) is 0 Å². The number of anilines is 1. The van der Waals surface area contributed by atoms with Crippen LogP contribution < -0.4 is 15.0 Å². The maximum Gasteiger partial charge on any atom is 0.227 e. The normalized spacial score (nSPS) is 16.0. The molecule has 1 aliphatic rings. The SMILES string of the molecule is COc1ccccc1N1C[C@H](C(=O)NC(c2ccccc2)c2ccccc2)CC1=O. The summed E-state index contributed by atoms with van der Waals surface area (Å²) < 4.78 is 5.39. The fraction of sp³-hybridized carbons (Fsp3) is 0.200. The third-order valence-corrected chi connectivity index (χ3v) is 5.42. The zero-order valence-corrected chi connectivity index (χ0v) is 16.8. The highest BCUT2D eigenvalue weighted by molar-refractivity contribution is 6.01. The average molecular weight is 400 g/mol. The molecule has 0 unspecified atom stereocenters.